The Morgan fingerprint density at radius 1 is 1.39 bits per heavy atom. The molecule has 0 bridgehead atoms. The zero-order valence-corrected chi connectivity index (χ0v) is 13.9. The second-order valence-electron chi connectivity index (χ2n) is 5.43. The SMILES string of the molecule is Cl.O=C(O)CN1CCCC(c2nc(-c3ccc(Cl)cc3)no2)C1. The molecule has 6 nitrogen and oxygen atoms in total. The largest absolute Gasteiger partial charge is 0.480 e. The highest BCUT2D eigenvalue weighted by Crippen LogP contribution is 2.27. The van der Waals surface area contributed by atoms with Gasteiger partial charge in [0.15, 0.2) is 0 Å². The van der Waals surface area contributed by atoms with E-state index in [2.05, 4.69) is 10.1 Å². The lowest BCUT2D eigenvalue weighted by molar-refractivity contribution is -0.138. The maximum Gasteiger partial charge on any atom is 0.317 e. The molecule has 0 aliphatic carbocycles. The van der Waals surface area contributed by atoms with Gasteiger partial charge in [0.1, 0.15) is 0 Å². The van der Waals surface area contributed by atoms with Crippen LogP contribution in [-0.2, 0) is 4.79 Å². The Balaban J connectivity index is 0.00000192. The van der Waals surface area contributed by atoms with Crippen LogP contribution in [0.2, 0.25) is 5.02 Å². The molecule has 0 radical (unpaired) electrons. The Morgan fingerprint density at radius 3 is 2.83 bits per heavy atom. The zero-order valence-electron chi connectivity index (χ0n) is 12.3. The van der Waals surface area contributed by atoms with E-state index in [9.17, 15) is 4.79 Å². The molecule has 1 aromatic heterocycles. The third-order valence-electron chi connectivity index (χ3n) is 3.76. The Kier molecular flexibility index (Phi) is 5.98. The van der Waals surface area contributed by atoms with Gasteiger partial charge < -0.3 is 9.63 Å². The first-order valence-electron chi connectivity index (χ1n) is 7.15. The summed E-state index contributed by atoms with van der Waals surface area (Å²) in [7, 11) is 0. The number of piperidine rings is 1. The quantitative estimate of drug-likeness (QED) is 0.905. The van der Waals surface area contributed by atoms with Crippen molar-refractivity contribution in [3.05, 3.63) is 35.2 Å². The van der Waals surface area contributed by atoms with Gasteiger partial charge in [-0.1, -0.05) is 16.8 Å². The summed E-state index contributed by atoms with van der Waals surface area (Å²) in [5.74, 6) is 0.372. The van der Waals surface area contributed by atoms with Crippen molar-refractivity contribution in [2.24, 2.45) is 0 Å². The molecule has 1 saturated heterocycles. The van der Waals surface area contributed by atoms with Gasteiger partial charge >= 0.3 is 5.97 Å². The van der Waals surface area contributed by atoms with Gasteiger partial charge in [-0.3, -0.25) is 9.69 Å². The number of rotatable bonds is 4. The summed E-state index contributed by atoms with van der Waals surface area (Å²) >= 11 is 5.87. The van der Waals surface area contributed by atoms with Gasteiger partial charge in [0.2, 0.25) is 11.7 Å². The fourth-order valence-electron chi connectivity index (χ4n) is 2.71. The second-order valence-corrected chi connectivity index (χ2v) is 5.87. The average molecular weight is 358 g/mol. The number of aliphatic carboxylic acids is 1. The van der Waals surface area contributed by atoms with E-state index in [4.69, 9.17) is 21.2 Å². The molecule has 23 heavy (non-hydrogen) atoms. The van der Waals surface area contributed by atoms with Crippen LogP contribution in [0.25, 0.3) is 11.4 Å². The number of hydrogen-bond donors (Lipinski definition) is 1. The fraction of sp³-hybridized carbons (Fsp3) is 0.400. The monoisotopic (exact) mass is 357 g/mol. The first-order valence-corrected chi connectivity index (χ1v) is 7.53. The van der Waals surface area contributed by atoms with Gasteiger partial charge in [0, 0.05) is 17.1 Å². The smallest absolute Gasteiger partial charge is 0.317 e. The minimum atomic E-state index is -0.812. The number of carboxylic acids is 1. The molecule has 1 atom stereocenters. The fourth-order valence-corrected chi connectivity index (χ4v) is 2.84. The van der Waals surface area contributed by atoms with Gasteiger partial charge in [0.25, 0.3) is 0 Å². The van der Waals surface area contributed by atoms with Crippen molar-refractivity contribution in [3.63, 3.8) is 0 Å². The summed E-state index contributed by atoms with van der Waals surface area (Å²) < 4.78 is 5.37. The van der Waals surface area contributed by atoms with E-state index in [0.29, 0.717) is 23.3 Å². The van der Waals surface area contributed by atoms with Crippen molar-refractivity contribution in [3.8, 4) is 11.4 Å². The molecular weight excluding hydrogens is 341 g/mol. The van der Waals surface area contributed by atoms with E-state index in [1.807, 2.05) is 17.0 Å². The summed E-state index contributed by atoms with van der Waals surface area (Å²) in [6, 6.07) is 7.24. The van der Waals surface area contributed by atoms with Gasteiger partial charge in [-0.05, 0) is 43.7 Å². The number of benzene rings is 1. The van der Waals surface area contributed by atoms with Crippen LogP contribution < -0.4 is 0 Å². The molecule has 1 N–H and O–H groups in total. The molecule has 1 aliphatic heterocycles. The minimum Gasteiger partial charge on any atom is -0.480 e. The zero-order chi connectivity index (χ0) is 15.5. The lowest BCUT2D eigenvalue weighted by atomic mass is 9.98. The highest BCUT2D eigenvalue weighted by Gasteiger charge is 2.27. The molecule has 8 heteroatoms. The molecule has 2 aromatic rings. The van der Waals surface area contributed by atoms with Crippen LogP contribution >= 0.6 is 24.0 Å². The van der Waals surface area contributed by atoms with Gasteiger partial charge in [0.05, 0.1) is 12.5 Å². The van der Waals surface area contributed by atoms with Gasteiger partial charge in [-0.15, -0.1) is 12.4 Å². The van der Waals surface area contributed by atoms with E-state index in [1.165, 1.54) is 0 Å². The van der Waals surface area contributed by atoms with Gasteiger partial charge in [-0.2, -0.15) is 4.98 Å². The lowest BCUT2D eigenvalue weighted by Crippen LogP contribution is -2.38. The van der Waals surface area contributed by atoms with E-state index < -0.39 is 5.97 Å². The van der Waals surface area contributed by atoms with E-state index in [1.54, 1.807) is 12.1 Å². The number of carboxylic acid groups (broad SMARTS) is 1. The van der Waals surface area contributed by atoms with Crippen molar-refractivity contribution in [2.75, 3.05) is 19.6 Å². The number of halogens is 2. The summed E-state index contributed by atoms with van der Waals surface area (Å²) in [6.45, 7) is 1.48. The molecular formula is C15H17Cl2N3O3. The predicted molar refractivity (Wildman–Crippen MR) is 88.0 cm³/mol. The van der Waals surface area contributed by atoms with Crippen LogP contribution in [0.4, 0.5) is 0 Å². The normalized spacial score (nSPS) is 18.4. The maximum absolute atomic E-state index is 10.8. The Bertz CT molecular complexity index is 660. The molecule has 2 heterocycles. The minimum absolute atomic E-state index is 0. The number of aromatic nitrogens is 2. The van der Waals surface area contributed by atoms with Crippen molar-refractivity contribution in [2.45, 2.75) is 18.8 Å². The topological polar surface area (TPSA) is 79.5 Å². The van der Waals surface area contributed by atoms with E-state index >= 15 is 0 Å². The average Bonchev–Trinajstić information content (AvgIpc) is 2.97. The van der Waals surface area contributed by atoms with E-state index in [-0.39, 0.29) is 24.9 Å². The van der Waals surface area contributed by atoms with Gasteiger partial charge in [-0.25, -0.2) is 0 Å². The third-order valence-corrected chi connectivity index (χ3v) is 4.01. The van der Waals surface area contributed by atoms with Crippen LogP contribution in [0.15, 0.2) is 28.8 Å². The molecule has 0 spiro atoms. The van der Waals surface area contributed by atoms with Crippen LogP contribution in [0.1, 0.15) is 24.7 Å². The molecule has 3 rings (SSSR count). The second kappa shape index (κ2) is 7.77. The lowest BCUT2D eigenvalue weighted by Gasteiger charge is -2.29. The van der Waals surface area contributed by atoms with Crippen LogP contribution in [-0.4, -0.2) is 45.8 Å². The first-order chi connectivity index (χ1) is 10.6. The molecule has 124 valence electrons. The Morgan fingerprint density at radius 2 is 2.13 bits per heavy atom. The molecule has 1 aromatic carbocycles. The van der Waals surface area contributed by atoms with E-state index in [0.717, 1.165) is 24.9 Å². The molecule has 1 fully saturated rings. The molecule has 0 amide bonds. The van der Waals surface area contributed by atoms with Crippen molar-refractivity contribution >= 4 is 30.0 Å². The Hall–Kier alpha value is -1.63. The summed E-state index contributed by atoms with van der Waals surface area (Å²) in [6.07, 6.45) is 1.86. The summed E-state index contributed by atoms with van der Waals surface area (Å²) in [4.78, 5) is 17.2. The predicted octanol–water partition coefficient (Wildman–Crippen LogP) is 3.08. The molecule has 0 saturated carbocycles. The highest BCUT2D eigenvalue weighted by atomic mass is 35.5. The Labute approximate surface area is 144 Å². The standard InChI is InChI=1S/C15H16ClN3O3.ClH/c16-12-5-3-10(4-6-12)14-17-15(22-18-14)11-2-1-7-19(8-11)9-13(20)21;/h3-6,11H,1-2,7-9H2,(H,20,21);1H. The number of carbonyl (C=O) groups is 1. The maximum atomic E-state index is 10.8. The molecule has 1 unspecified atom stereocenters. The summed E-state index contributed by atoms with van der Waals surface area (Å²) in [5.41, 5.74) is 0.845. The molecule has 1 aliphatic rings. The number of hydrogen-bond acceptors (Lipinski definition) is 5. The van der Waals surface area contributed by atoms with Crippen molar-refractivity contribution in [1.82, 2.24) is 15.0 Å². The van der Waals surface area contributed by atoms with Crippen molar-refractivity contribution < 1.29 is 14.4 Å². The van der Waals surface area contributed by atoms with Crippen LogP contribution in [0, 0.1) is 0 Å². The highest BCUT2D eigenvalue weighted by molar-refractivity contribution is 6.30. The first kappa shape index (κ1) is 17.7. The number of nitrogens with zero attached hydrogens (tertiary/aromatic N) is 3. The van der Waals surface area contributed by atoms with Crippen LogP contribution in [0.3, 0.4) is 0 Å². The van der Waals surface area contributed by atoms with Crippen LogP contribution in [0.5, 0.6) is 0 Å². The summed E-state index contributed by atoms with van der Waals surface area (Å²) in [5, 5.41) is 13.6. The number of likely N-dealkylation sites (tertiary alicyclic amines) is 1. The third kappa shape index (κ3) is 4.43. The van der Waals surface area contributed by atoms with Crippen molar-refractivity contribution in [1.29, 1.82) is 0 Å².